The van der Waals surface area contributed by atoms with E-state index in [1.165, 1.54) is 35.7 Å². The lowest BCUT2D eigenvalue weighted by Gasteiger charge is -2.38. The van der Waals surface area contributed by atoms with Crippen molar-refractivity contribution in [3.8, 4) is 5.75 Å². The zero-order chi connectivity index (χ0) is 28.5. The number of pyridine rings is 1. The molecule has 2 aromatic heterocycles. The quantitative estimate of drug-likeness (QED) is 0.204. The van der Waals surface area contributed by atoms with Gasteiger partial charge in [0.05, 0.1) is 22.6 Å². The summed E-state index contributed by atoms with van der Waals surface area (Å²) in [5.74, 6) is 0.331. The molecule has 2 fully saturated rings. The fourth-order valence-electron chi connectivity index (χ4n) is 5.05. The molecule has 1 unspecified atom stereocenters. The van der Waals surface area contributed by atoms with Crippen molar-refractivity contribution in [1.29, 1.82) is 0 Å². The van der Waals surface area contributed by atoms with Crippen LogP contribution in [0.3, 0.4) is 0 Å². The Morgan fingerprint density at radius 2 is 1.98 bits per heavy atom. The molecular weight excluding hydrogens is 564 g/mol. The number of nitrogens with one attached hydrogen (secondary N) is 4. The first kappa shape index (κ1) is 28.7. The predicted octanol–water partition coefficient (Wildman–Crippen LogP) is -0.499. The molecule has 2 saturated heterocycles. The fraction of sp³-hybridized carbons (Fsp3) is 0.500. The summed E-state index contributed by atoms with van der Waals surface area (Å²) in [5, 5.41) is 13.7. The number of H-pyrrole nitrogens is 2. The largest absolute Gasteiger partial charge is 0.491 e. The zero-order valence-electron chi connectivity index (χ0n) is 21.8. The molecule has 3 aromatic rings. The molecule has 0 aliphatic carbocycles. The molecule has 1 spiro atoms. The number of fused-ring (bicyclic) bond motifs is 1. The molecule has 4 heterocycles. The number of sulfonamides is 2. The second kappa shape index (κ2) is 11.2. The average molecular weight is 597 g/mol. The van der Waals surface area contributed by atoms with E-state index in [2.05, 4.69) is 25.0 Å². The van der Waals surface area contributed by atoms with Crippen molar-refractivity contribution in [2.75, 3.05) is 39.9 Å². The summed E-state index contributed by atoms with van der Waals surface area (Å²) in [7, 11) is -6.06. The van der Waals surface area contributed by atoms with Gasteiger partial charge in [-0.15, -0.1) is 0 Å². The Kier molecular flexibility index (Phi) is 8.02. The van der Waals surface area contributed by atoms with Gasteiger partial charge in [0.25, 0.3) is 0 Å². The molecule has 0 saturated carbocycles. The molecule has 5 N–H and O–H groups in total. The van der Waals surface area contributed by atoms with Crippen LogP contribution in [0, 0.1) is 0 Å². The number of aliphatic hydroxyl groups excluding tert-OH is 1. The number of benzene rings is 1. The molecule has 218 valence electrons. The zero-order valence-corrected chi connectivity index (χ0v) is 23.4. The summed E-state index contributed by atoms with van der Waals surface area (Å²) < 4.78 is 65.7. The number of ether oxygens (including phenoxy) is 2. The number of aromatic nitrogens is 3. The van der Waals surface area contributed by atoms with Crippen LogP contribution in [-0.2, 0) is 24.8 Å². The third kappa shape index (κ3) is 6.07. The molecule has 14 nitrogen and oxygen atoms in total. The Bertz CT molecular complexity index is 1630. The van der Waals surface area contributed by atoms with Gasteiger partial charge in [-0.1, -0.05) is 6.07 Å². The van der Waals surface area contributed by atoms with Crippen LogP contribution in [0.5, 0.6) is 5.75 Å². The maximum Gasteiger partial charge on any atom is 0.325 e. The van der Waals surface area contributed by atoms with E-state index in [9.17, 15) is 26.7 Å². The molecule has 16 heteroatoms. The van der Waals surface area contributed by atoms with Gasteiger partial charge >= 0.3 is 5.69 Å². The molecular formula is C24H32N6O8S2. The van der Waals surface area contributed by atoms with Crippen LogP contribution in [0.2, 0.25) is 0 Å². The van der Waals surface area contributed by atoms with Crippen LogP contribution in [-0.4, -0.2) is 98.8 Å². The van der Waals surface area contributed by atoms with E-state index in [1.807, 2.05) is 0 Å². The number of aromatic amines is 2. The van der Waals surface area contributed by atoms with Gasteiger partial charge in [0.15, 0.2) is 5.65 Å². The van der Waals surface area contributed by atoms with E-state index < -0.39 is 37.4 Å². The van der Waals surface area contributed by atoms with Gasteiger partial charge in [-0.2, -0.15) is 4.31 Å². The van der Waals surface area contributed by atoms with Crippen LogP contribution in [0.1, 0.15) is 19.3 Å². The van der Waals surface area contributed by atoms with Gasteiger partial charge in [0.1, 0.15) is 23.4 Å². The van der Waals surface area contributed by atoms with Crippen LogP contribution in [0.15, 0.2) is 51.1 Å². The molecule has 2 atom stereocenters. The Morgan fingerprint density at radius 1 is 1.20 bits per heavy atom. The monoisotopic (exact) mass is 596 g/mol. The third-order valence-electron chi connectivity index (χ3n) is 7.29. The van der Waals surface area contributed by atoms with Crippen molar-refractivity contribution in [3.05, 3.63) is 47.0 Å². The lowest BCUT2D eigenvalue weighted by molar-refractivity contribution is -0.0312. The molecule has 0 radical (unpaired) electrons. The predicted molar refractivity (Wildman–Crippen MR) is 144 cm³/mol. The van der Waals surface area contributed by atoms with Crippen LogP contribution in [0.4, 0.5) is 0 Å². The van der Waals surface area contributed by atoms with Gasteiger partial charge in [-0.25, -0.2) is 31.3 Å². The second-order valence-corrected chi connectivity index (χ2v) is 13.8. The van der Waals surface area contributed by atoms with Crippen LogP contribution >= 0.6 is 0 Å². The van der Waals surface area contributed by atoms with E-state index in [4.69, 9.17) is 9.47 Å². The molecule has 0 amide bonds. The van der Waals surface area contributed by atoms with Crippen molar-refractivity contribution in [2.24, 2.45) is 0 Å². The summed E-state index contributed by atoms with van der Waals surface area (Å²) >= 11 is 0. The Balaban J connectivity index is 1.09. The molecule has 2 aliphatic rings. The highest BCUT2D eigenvalue weighted by atomic mass is 32.2. The minimum atomic E-state index is -3.79. The normalized spacial score (nSPS) is 20.7. The average Bonchev–Trinajstić information content (AvgIpc) is 3.52. The Labute approximate surface area is 231 Å². The van der Waals surface area contributed by atoms with Crippen molar-refractivity contribution in [3.63, 3.8) is 0 Å². The van der Waals surface area contributed by atoms with Gasteiger partial charge < -0.3 is 24.9 Å². The van der Waals surface area contributed by atoms with Gasteiger partial charge in [0, 0.05) is 37.9 Å². The van der Waals surface area contributed by atoms with E-state index in [1.54, 1.807) is 12.1 Å². The fourth-order valence-corrected chi connectivity index (χ4v) is 7.23. The summed E-state index contributed by atoms with van der Waals surface area (Å²) in [5.41, 5.74) is -0.273. The molecule has 0 bridgehead atoms. The lowest BCUT2D eigenvalue weighted by Crippen LogP contribution is -2.47. The summed E-state index contributed by atoms with van der Waals surface area (Å²) in [4.78, 5) is 20.6. The first-order valence-corrected chi connectivity index (χ1v) is 15.7. The lowest BCUT2D eigenvalue weighted by atomic mass is 9.88. The van der Waals surface area contributed by atoms with Crippen LogP contribution in [0.25, 0.3) is 11.2 Å². The summed E-state index contributed by atoms with van der Waals surface area (Å²) in [6.45, 7) is 1.23. The van der Waals surface area contributed by atoms with Crippen LogP contribution < -0.4 is 20.5 Å². The van der Waals surface area contributed by atoms with Crippen molar-refractivity contribution in [1.82, 2.24) is 29.3 Å². The van der Waals surface area contributed by atoms with Gasteiger partial charge in [0.2, 0.25) is 20.0 Å². The highest BCUT2D eigenvalue weighted by molar-refractivity contribution is 7.89. The van der Waals surface area contributed by atoms with Crippen molar-refractivity contribution < 1.29 is 31.4 Å². The molecule has 1 aromatic carbocycles. The summed E-state index contributed by atoms with van der Waals surface area (Å²) in [6, 6.07) is 7.42. The Hall–Kier alpha value is -2.86. The maximum atomic E-state index is 13.2. The maximum absolute atomic E-state index is 13.2. The number of nitrogens with zero attached hydrogens (tertiary/aromatic N) is 2. The highest BCUT2D eigenvalue weighted by Crippen LogP contribution is 2.37. The van der Waals surface area contributed by atoms with E-state index >= 15 is 0 Å². The smallest absolute Gasteiger partial charge is 0.325 e. The number of hydrogen-bond acceptors (Lipinski definition) is 10. The number of imidazole rings is 1. The van der Waals surface area contributed by atoms with E-state index in [-0.39, 0.29) is 42.1 Å². The molecule has 2 aliphatic heterocycles. The number of aliphatic hydroxyl groups is 1. The number of hydrogen-bond donors (Lipinski definition) is 5. The van der Waals surface area contributed by atoms with E-state index in [0.717, 1.165) is 0 Å². The molecule has 40 heavy (non-hydrogen) atoms. The van der Waals surface area contributed by atoms with Crippen molar-refractivity contribution >= 4 is 31.2 Å². The first-order valence-electron chi connectivity index (χ1n) is 12.8. The topological polar surface area (TPSA) is 196 Å². The highest BCUT2D eigenvalue weighted by Gasteiger charge is 2.44. The number of piperidine rings is 1. The Morgan fingerprint density at radius 3 is 2.73 bits per heavy atom. The van der Waals surface area contributed by atoms with Crippen molar-refractivity contribution in [2.45, 2.75) is 46.8 Å². The standard InChI is InChI=1S/C24H32N6O8S2/c1-25-39(33,34)19-4-2-3-18(9-19)37-15-17(31)12-26-16-11-24(38-14-16)5-7-30(8-6-24)40(35,36)20-10-21-22(27-13-20)29-23(32)28-21/h2-4,9-10,13,16-17,25-26,31H,5-8,11-12,14-15H2,1H3,(H2,27,28,29,32)/t16-,17?/m1/s1. The number of rotatable bonds is 10. The first-order chi connectivity index (χ1) is 19.0. The van der Waals surface area contributed by atoms with Gasteiger partial charge in [-0.05, 0) is 44.5 Å². The minimum Gasteiger partial charge on any atom is -0.491 e. The van der Waals surface area contributed by atoms with Gasteiger partial charge in [-0.3, -0.25) is 4.98 Å². The summed E-state index contributed by atoms with van der Waals surface area (Å²) in [6.07, 6.45) is 2.13. The van der Waals surface area contributed by atoms with E-state index in [0.29, 0.717) is 42.8 Å². The minimum absolute atomic E-state index is 0.0149. The SMILES string of the molecule is CNS(=O)(=O)c1cccc(OCC(O)CN[C@H]2COC3(CCN(S(=O)(=O)c4cnc5[nH]c(=O)[nH]c5c4)CC3)C2)c1. The third-order valence-corrected chi connectivity index (χ3v) is 10.6. The second-order valence-electron chi connectivity index (χ2n) is 10.0. The molecule has 5 rings (SSSR count).